The van der Waals surface area contributed by atoms with Gasteiger partial charge in [-0.15, -0.1) is 0 Å². The van der Waals surface area contributed by atoms with Gasteiger partial charge in [-0.2, -0.15) is 5.26 Å². The van der Waals surface area contributed by atoms with Crippen molar-refractivity contribution in [3.8, 4) is 6.07 Å². The van der Waals surface area contributed by atoms with Gasteiger partial charge in [-0.05, 0) is 72.3 Å². The highest BCUT2D eigenvalue weighted by molar-refractivity contribution is 5.13. The molecule has 20 heavy (non-hydrogen) atoms. The fourth-order valence-corrected chi connectivity index (χ4v) is 3.73. The van der Waals surface area contributed by atoms with Crippen molar-refractivity contribution >= 4 is 0 Å². The average Bonchev–Trinajstić information content (AvgIpc) is 2.90. The molecular weight excluding hydrogens is 248 g/mol. The Balaban J connectivity index is 1.89. The van der Waals surface area contributed by atoms with Crippen LogP contribution in [0, 0.1) is 11.3 Å². The first-order chi connectivity index (χ1) is 9.60. The number of piperidine rings is 1. The van der Waals surface area contributed by atoms with Crippen molar-refractivity contribution in [3.63, 3.8) is 0 Å². The Morgan fingerprint density at radius 2 is 2.00 bits per heavy atom. The van der Waals surface area contributed by atoms with Crippen LogP contribution in [0.1, 0.15) is 45.4 Å². The van der Waals surface area contributed by atoms with Gasteiger partial charge < -0.3 is 9.80 Å². The second-order valence-corrected chi connectivity index (χ2v) is 6.72. The summed E-state index contributed by atoms with van der Waals surface area (Å²) in [5.74, 6) is 0. The normalized spacial score (nSPS) is 32.6. The van der Waals surface area contributed by atoms with Crippen LogP contribution in [-0.4, -0.2) is 61.2 Å². The molecule has 2 atom stereocenters. The van der Waals surface area contributed by atoms with Crippen molar-refractivity contribution in [2.45, 2.75) is 63.1 Å². The molecule has 2 aliphatic rings. The minimum Gasteiger partial charge on any atom is -0.306 e. The number of hydrogen-bond acceptors (Lipinski definition) is 4. The molecule has 0 amide bonds. The van der Waals surface area contributed by atoms with E-state index < -0.39 is 0 Å². The first kappa shape index (κ1) is 15.8. The van der Waals surface area contributed by atoms with Gasteiger partial charge in [0, 0.05) is 12.1 Å². The number of hydrogen-bond donors (Lipinski definition) is 1. The largest absolute Gasteiger partial charge is 0.306 e. The molecule has 0 aromatic carbocycles. The minimum absolute atomic E-state index is 0.263. The van der Waals surface area contributed by atoms with Crippen molar-refractivity contribution in [3.05, 3.63) is 0 Å². The Hall–Kier alpha value is -0.630. The van der Waals surface area contributed by atoms with Gasteiger partial charge in [0.05, 0.1) is 6.07 Å². The maximum Gasteiger partial charge on any atom is 0.108 e. The number of nitrogens with zero attached hydrogens (tertiary/aromatic N) is 3. The summed E-state index contributed by atoms with van der Waals surface area (Å²) in [6, 6.07) is 3.84. The lowest BCUT2D eigenvalue weighted by Crippen LogP contribution is -2.48. The lowest BCUT2D eigenvalue weighted by atomic mass is 9.97. The Morgan fingerprint density at radius 3 is 2.60 bits per heavy atom. The van der Waals surface area contributed by atoms with E-state index in [1.807, 2.05) is 0 Å². The van der Waals surface area contributed by atoms with Crippen molar-refractivity contribution in [2.24, 2.45) is 0 Å². The summed E-state index contributed by atoms with van der Waals surface area (Å²) >= 11 is 0. The molecule has 0 aromatic rings. The Labute approximate surface area is 124 Å². The van der Waals surface area contributed by atoms with Crippen molar-refractivity contribution in [2.75, 3.05) is 33.7 Å². The van der Waals surface area contributed by atoms with E-state index in [1.165, 1.54) is 25.9 Å². The smallest absolute Gasteiger partial charge is 0.108 e. The van der Waals surface area contributed by atoms with E-state index >= 15 is 0 Å². The summed E-state index contributed by atoms with van der Waals surface area (Å²) < 4.78 is 0. The molecular formula is C16H30N4. The van der Waals surface area contributed by atoms with Crippen molar-refractivity contribution in [1.82, 2.24) is 15.1 Å². The van der Waals surface area contributed by atoms with E-state index in [-0.39, 0.29) is 5.54 Å². The summed E-state index contributed by atoms with van der Waals surface area (Å²) in [5.41, 5.74) is -0.263. The SMILES string of the molecule is CCCNC1(C#N)CCC(N(C)C2CCN(C)CC2)C1. The molecule has 1 aliphatic heterocycles. The molecule has 4 heteroatoms. The summed E-state index contributed by atoms with van der Waals surface area (Å²) in [4.78, 5) is 4.99. The molecule has 0 radical (unpaired) electrons. The predicted octanol–water partition coefficient (Wildman–Crippen LogP) is 1.83. The van der Waals surface area contributed by atoms with Gasteiger partial charge >= 0.3 is 0 Å². The molecule has 1 N–H and O–H groups in total. The lowest BCUT2D eigenvalue weighted by molar-refractivity contribution is 0.106. The van der Waals surface area contributed by atoms with E-state index in [1.54, 1.807) is 0 Å². The summed E-state index contributed by atoms with van der Waals surface area (Å²) in [6.45, 7) is 5.53. The lowest BCUT2D eigenvalue weighted by Gasteiger charge is -2.38. The molecule has 2 rings (SSSR count). The zero-order chi connectivity index (χ0) is 14.6. The van der Waals surface area contributed by atoms with Crippen molar-refractivity contribution in [1.29, 1.82) is 5.26 Å². The standard InChI is InChI=1S/C16H30N4/c1-4-9-18-16(13-17)8-5-15(12-16)20(3)14-6-10-19(2)11-7-14/h14-15,18H,4-12H2,1-3H3. The van der Waals surface area contributed by atoms with Crippen LogP contribution in [0.25, 0.3) is 0 Å². The number of nitrogens with one attached hydrogen (secondary N) is 1. The predicted molar refractivity (Wildman–Crippen MR) is 82.6 cm³/mol. The molecule has 0 bridgehead atoms. The van der Waals surface area contributed by atoms with Gasteiger partial charge in [0.25, 0.3) is 0 Å². The van der Waals surface area contributed by atoms with Crippen LogP contribution in [0.2, 0.25) is 0 Å². The van der Waals surface area contributed by atoms with Gasteiger partial charge in [-0.1, -0.05) is 6.92 Å². The second kappa shape index (κ2) is 6.89. The summed E-state index contributed by atoms with van der Waals surface area (Å²) in [5, 5.41) is 13.0. The van der Waals surface area contributed by atoms with Crippen LogP contribution < -0.4 is 5.32 Å². The highest BCUT2D eigenvalue weighted by atomic mass is 15.2. The molecule has 1 heterocycles. The number of nitriles is 1. The quantitative estimate of drug-likeness (QED) is 0.833. The molecule has 0 spiro atoms. The van der Waals surface area contributed by atoms with Crippen LogP contribution in [0.3, 0.4) is 0 Å². The van der Waals surface area contributed by atoms with Crippen molar-refractivity contribution < 1.29 is 0 Å². The molecule has 114 valence electrons. The first-order valence-electron chi connectivity index (χ1n) is 8.17. The van der Waals surface area contributed by atoms with E-state index in [2.05, 4.69) is 42.2 Å². The van der Waals surface area contributed by atoms with Gasteiger partial charge in [-0.25, -0.2) is 0 Å². The monoisotopic (exact) mass is 278 g/mol. The molecule has 1 saturated heterocycles. The zero-order valence-corrected chi connectivity index (χ0v) is 13.4. The van der Waals surface area contributed by atoms with Gasteiger partial charge in [0.15, 0.2) is 0 Å². The van der Waals surface area contributed by atoms with Crippen LogP contribution in [0.4, 0.5) is 0 Å². The third-order valence-corrected chi connectivity index (χ3v) is 5.26. The number of likely N-dealkylation sites (tertiary alicyclic amines) is 1. The Morgan fingerprint density at radius 1 is 1.30 bits per heavy atom. The third-order valence-electron chi connectivity index (χ3n) is 5.26. The third kappa shape index (κ3) is 3.52. The first-order valence-corrected chi connectivity index (χ1v) is 8.17. The van der Waals surface area contributed by atoms with Crippen LogP contribution in [0.15, 0.2) is 0 Å². The van der Waals surface area contributed by atoms with Crippen LogP contribution in [-0.2, 0) is 0 Å². The van der Waals surface area contributed by atoms with Gasteiger partial charge in [-0.3, -0.25) is 5.32 Å². The molecule has 1 aliphatic carbocycles. The second-order valence-electron chi connectivity index (χ2n) is 6.72. The maximum absolute atomic E-state index is 9.55. The van der Waals surface area contributed by atoms with E-state index in [9.17, 15) is 5.26 Å². The van der Waals surface area contributed by atoms with E-state index in [0.717, 1.165) is 32.2 Å². The molecule has 2 unspecified atom stereocenters. The van der Waals surface area contributed by atoms with Crippen LogP contribution >= 0.6 is 0 Å². The number of rotatable bonds is 5. The fourth-order valence-electron chi connectivity index (χ4n) is 3.73. The molecule has 0 aromatic heterocycles. The minimum atomic E-state index is -0.263. The molecule has 2 fully saturated rings. The summed E-state index contributed by atoms with van der Waals surface area (Å²) in [7, 11) is 4.48. The van der Waals surface area contributed by atoms with Crippen LogP contribution in [0.5, 0.6) is 0 Å². The zero-order valence-electron chi connectivity index (χ0n) is 13.4. The Bertz CT molecular complexity index is 343. The average molecular weight is 278 g/mol. The fraction of sp³-hybridized carbons (Fsp3) is 0.938. The Kier molecular flexibility index (Phi) is 5.42. The van der Waals surface area contributed by atoms with Gasteiger partial charge in [0.1, 0.15) is 5.54 Å². The molecule has 1 saturated carbocycles. The van der Waals surface area contributed by atoms with E-state index in [4.69, 9.17) is 0 Å². The maximum atomic E-state index is 9.55. The molecule has 4 nitrogen and oxygen atoms in total. The van der Waals surface area contributed by atoms with Gasteiger partial charge in [0.2, 0.25) is 0 Å². The summed E-state index contributed by atoms with van der Waals surface area (Å²) in [6.07, 6.45) is 6.79. The highest BCUT2D eigenvalue weighted by Crippen LogP contribution is 2.34. The topological polar surface area (TPSA) is 42.3 Å². The highest BCUT2D eigenvalue weighted by Gasteiger charge is 2.41. The van der Waals surface area contributed by atoms with E-state index in [0.29, 0.717) is 12.1 Å².